The maximum atomic E-state index is 11.6. The molecular weight excluding hydrogens is 246 g/mol. The van der Waals surface area contributed by atoms with Crippen LogP contribution in [-0.4, -0.2) is 34.3 Å². The van der Waals surface area contributed by atoms with Crippen molar-refractivity contribution in [3.8, 4) is 0 Å². The van der Waals surface area contributed by atoms with E-state index in [4.69, 9.17) is 4.74 Å². The fourth-order valence-electron chi connectivity index (χ4n) is 2.90. The first-order valence-corrected chi connectivity index (χ1v) is 6.47. The first-order chi connectivity index (χ1) is 9.24. The van der Waals surface area contributed by atoms with Gasteiger partial charge >= 0.3 is 5.97 Å². The number of nitrogens with one attached hydrogen (secondary N) is 1. The summed E-state index contributed by atoms with van der Waals surface area (Å²) in [5.74, 6) is 1.67. The van der Waals surface area contributed by atoms with Gasteiger partial charge in [0, 0.05) is 17.6 Å². The molecule has 100 valence electrons. The topological polar surface area (TPSA) is 73.2 Å². The third kappa shape index (κ3) is 1.89. The van der Waals surface area contributed by atoms with Crippen LogP contribution in [0.15, 0.2) is 6.20 Å². The lowest BCUT2D eigenvalue weighted by molar-refractivity contribution is -0.144. The minimum atomic E-state index is -0.343. The lowest BCUT2D eigenvalue weighted by atomic mass is 9.98. The second kappa shape index (κ2) is 4.64. The molecule has 0 aromatic carbocycles. The summed E-state index contributed by atoms with van der Waals surface area (Å²) < 4.78 is 6.48. The van der Waals surface area contributed by atoms with Crippen LogP contribution >= 0.6 is 0 Å². The number of rotatable bonds is 3. The van der Waals surface area contributed by atoms with Gasteiger partial charge in [-0.2, -0.15) is 5.10 Å². The van der Waals surface area contributed by atoms with E-state index in [1.54, 1.807) is 17.8 Å². The fraction of sp³-hybridized carbons (Fsp3) is 0.538. The summed E-state index contributed by atoms with van der Waals surface area (Å²) in [6, 6.07) is 0.265. The summed E-state index contributed by atoms with van der Waals surface area (Å²) in [6.07, 6.45) is 3.63. The van der Waals surface area contributed by atoms with Crippen molar-refractivity contribution in [3.05, 3.63) is 17.5 Å². The summed E-state index contributed by atoms with van der Waals surface area (Å²) >= 11 is 0. The summed E-state index contributed by atoms with van der Waals surface area (Å²) in [6.45, 7) is 2.14. The molecule has 3 rings (SSSR count). The van der Waals surface area contributed by atoms with Crippen molar-refractivity contribution in [1.82, 2.24) is 15.1 Å². The van der Waals surface area contributed by atoms with Crippen LogP contribution in [0.2, 0.25) is 0 Å². The number of ether oxygens (including phenoxy) is 1. The molecule has 1 aromatic heterocycles. The maximum absolute atomic E-state index is 11.6. The van der Waals surface area contributed by atoms with Crippen LogP contribution in [0.4, 0.5) is 0 Å². The number of carbonyl (C=O) groups is 1. The van der Waals surface area contributed by atoms with Crippen LogP contribution in [0.25, 0.3) is 5.57 Å². The van der Waals surface area contributed by atoms with Gasteiger partial charge in [0.1, 0.15) is 12.5 Å². The monoisotopic (exact) mass is 261 g/mol. The Morgan fingerprint density at radius 1 is 1.58 bits per heavy atom. The minimum absolute atomic E-state index is 0.0349. The van der Waals surface area contributed by atoms with Gasteiger partial charge in [-0.25, -0.2) is 4.79 Å². The van der Waals surface area contributed by atoms with E-state index in [2.05, 4.69) is 10.4 Å². The molecule has 6 nitrogen and oxygen atoms in total. The second-order valence-corrected chi connectivity index (χ2v) is 4.78. The van der Waals surface area contributed by atoms with Crippen LogP contribution in [0.1, 0.15) is 37.1 Å². The Balaban J connectivity index is 1.98. The van der Waals surface area contributed by atoms with E-state index in [1.165, 1.54) is 0 Å². The van der Waals surface area contributed by atoms with Gasteiger partial charge in [-0.05, 0) is 19.8 Å². The van der Waals surface area contributed by atoms with E-state index in [1.807, 2.05) is 5.94 Å². The molecule has 1 fully saturated rings. The number of aromatic nitrogens is 2. The smallest absolute Gasteiger partial charge is 0.327 e. The Kier molecular flexibility index (Phi) is 2.97. The Morgan fingerprint density at radius 3 is 3.11 bits per heavy atom. The van der Waals surface area contributed by atoms with Gasteiger partial charge in [0.25, 0.3) is 0 Å². The van der Waals surface area contributed by atoms with Gasteiger partial charge in [-0.15, -0.1) is 0 Å². The average Bonchev–Trinajstić information content (AvgIpc) is 2.98. The summed E-state index contributed by atoms with van der Waals surface area (Å²) in [7, 11) is 0. The molecule has 19 heavy (non-hydrogen) atoms. The predicted molar refractivity (Wildman–Crippen MR) is 66.9 cm³/mol. The number of carbonyl (C=O) groups excluding carboxylic acids is 2. The quantitative estimate of drug-likeness (QED) is 0.632. The average molecular weight is 261 g/mol. The van der Waals surface area contributed by atoms with E-state index < -0.39 is 0 Å². The number of fused-ring (bicyclic) bond motifs is 4. The number of nitrogens with zero attached hydrogens (tertiary/aromatic N) is 2. The summed E-state index contributed by atoms with van der Waals surface area (Å²) in [5.41, 5.74) is 2.30. The standard InChI is InChI=1S/C13H15N3O3/c1-2-19-12(18)6-16-13-8(5-14-16)10-3-4-11(15-10)9(13)7-17/h5,10-11,15H,2-4,6H2,1H3. The fourth-order valence-corrected chi connectivity index (χ4v) is 2.90. The molecule has 0 amide bonds. The maximum Gasteiger partial charge on any atom is 0.327 e. The van der Waals surface area contributed by atoms with Crippen molar-refractivity contribution in [2.45, 2.75) is 38.4 Å². The van der Waals surface area contributed by atoms with Crippen molar-refractivity contribution >= 4 is 17.5 Å². The van der Waals surface area contributed by atoms with E-state index in [-0.39, 0.29) is 24.6 Å². The summed E-state index contributed by atoms with van der Waals surface area (Å²) in [5, 5.41) is 7.58. The molecule has 2 aliphatic heterocycles. The highest BCUT2D eigenvalue weighted by Gasteiger charge is 2.39. The Labute approximate surface area is 110 Å². The first kappa shape index (κ1) is 12.1. The lowest BCUT2D eigenvalue weighted by Crippen LogP contribution is -2.32. The zero-order valence-corrected chi connectivity index (χ0v) is 10.7. The molecule has 0 saturated carbocycles. The predicted octanol–water partition coefficient (Wildman–Crippen LogP) is 0.468. The molecule has 0 aliphatic carbocycles. The van der Waals surface area contributed by atoms with Crippen molar-refractivity contribution in [1.29, 1.82) is 0 Å². The Hall–Kier alpha value is -1.91. The van der Waals surface area contributed by atoms with Gasteiger partial charge in [-0.1, -0.05) is 0 Å². The van der Waals surface area contributed by atoms with Crippen LogP contribution in [-0.2, 0) is 20.9 Å². The molecule has 3 heterocycles. The SMILES string of the molecule is CCOC(=O)Cn1ncc2c1C(=C=O)C1CCC2N1. The van der Waals surface area contributed by atoms with Crippen molar-refractivity contribution in [2.75, 3.05) is 6.61 Å². The van der Waals surface area contributed by atoms with Gasteiger partial charge < -0.3 is 10.1 Å². The molecule has 0 radical (unpaired) electrons. The van der Waals surface area contributed by atoms with Crippen LogP contribution in [0.3, 0.4) is 0 Å². The van der Waals surface area contributed by atoms with Gasteiger partial charge in [0.15, 0.2) is 0 Å². The van der Waals surface area contributed by atoms with Crippen molar-refractivity contribution in [3.63, 3.8) is 0 Å². The largest absolute Gasteiger partial charge is 0.465 e. The summed E-state index contributed by atoms with van der Waals surface area (Å²) in [4.78, 5) is 22.8. The molecular formula is C13H15N3O3. The Morgan fingerprint density at radius 2 is 2.37 bits per heavy atom. The molecule has 1 saturated heterocycles. The molecule has 1 aromatic rings. The van der Waals surface area contributed by atoms with Gasteiger partial charge in [-0.3, -0.25) is 9.48 Å². The van der Waals surface area contributed by atoms with E-state index in [9.17, 15) is 9.59 Å². The van der Waals surface area contributed by atoms with Gasteiger partial charge in [0.05, 0.1) is 24.1 Å². The zero-order chi connectivity index (χ0) is 13.4. The third-order valence-corrected chi connectivity index (χ3v) is 3.69. The number of hydrogen-bond donors (Lipinski definition) is 1. The molecule has 2 atom stereocenters. The molecule has 2 bridgehead atoms. The van der Waals surface area contributed by atoms with E-state index in [0.717, 1.165) is 24.1 Å². The highest BCUT2D eigenvalue weighted by Crippen LogP contribution is 2.40. The zero-order valence-electron chi connectivity index (χ0n) is 10.7. The number of hydrogen-bond acceptors (Lipinski definition) is 5. The van der Waals surface area contributed by atoms with Crippen molar-refractivity contribution < 1.29 is 14.3 Å². The second-order valence-electron chi connectivity index (χ2n) is 4.78. The van der Waals surface area contributed by atoms with E-state index >= 15 is 0 Å². The molecule has 6 heteroatoms. The molecule has 2 unspecified atom stereocenters. The van der Waals surface area contributed by atoms with Gasteiger partial charge in [0.2, 0.25) is 0 Å². The molecule has 2 aliphatic rings. The molecule has 0 spiro atoms. The highest BCUT2D eigenvalue weighted by molar-refractivity contribution is 5.92. The van der Waals surface area contributed by atoms with E-state index in [0.29, 0.717) is 12.2 Å². The van der Waals surface area contributed by atoms with Crippen LogP contribution in [0, 0.1) is 0 Å². The molecule has 1 N–H and O–H groups in total. The highest BCUT2D eigenvalue weighted by atomic mass is 16.5. The van der Waals surface area contributed by atoms with Crippen LogP contribution in [0.5, 0.6) is 0 Å². The van der Waals surface area contributed by atoms with Crippen LogP contribution < -0.4 is 5.32 Å². The third-order valence-electron chi connectivity index (χ3n) is 3.69. The Bertz CT molecular complexity index is 572. The normalized spacial score (nSPS) is 23.9. The minimum Gasteiger partial charge on any atom is -0.465 e. The van der Waals surface area contributed by atoms with Crippen molar-refractivity contribution in [2.24, 2.45) is 0 Å². The first-order valence-electron chi connectivity index (χ1n) is 6.47. The lowest BCUT2D eigenvalue weighted by Gasteiger charge is -2.23. The number of esters is 1.